The van der Waals surface area contributed by atoms with Crippen molar-refractivity contribution in [2.24, 2.45) is 0 Å². The fraction of sp³-hybridized carbons (Fsp3) is 0.476. The molecule has 0 fully saturated rings. The minimum atomic E-state index is -0.822. The van der Waals surface area contributed by atoms with Crippen LogP contribution in [0.25, 0.3) is 11.0 Å². The van der Waals surface area contributed by atoms with Crippen molar-refractivity contribution in [1.29, 1.82) is 0 Å². The van der Waals surface area contributed by atoms with Crippen LogP contribution in [0.4, 0.5) is 0 Å². The zero-order valence-corrected chi connectivity index (χ0v) is 17.0. The van der Waals surface area contributed by atoms with Gasteiger partial charge in [0.2, 0.25) is 0 Å². The van der Waals surface area contributed by atoms with Gasteiger partial charge < -0.3 is 14.3 Å². The summed E-state index contributed by atoms with van der Waals surface area (Å²) in [5.41, 5.74) is 1.47. The summed E-state index contributed by atoms with van der Waals surface area (Å²) < 4.78 is 13.3. The van der Waals surface area contributed by atoms with E-state index in [1.165, 1.54) is 12.3 Å². The molecule has 0 bridgehead atoms. The van der Waals surface area contributed by atoms with Crippen LogP contribution >= 0.6 is 0 Å². The van der Waals surface area contributed by atoms with E-state index in [1.807, 2.05) is 6.07 Å². The van der Waals surface area contributed by atoms with Crippen molar-refractivity contribution in [2.45, 2.75) is 58.4 Å². The Hall–Kier alpha value is -3.23. The van der Waals surface area contributed by atoms with Crippen molar-refractivity contribution >= 4 is 16.9 Å². The third kappa shape index (κ3) is 5.43. The van der Waals surface area contributed by atoms with E-state index in [0.717, 1.165) is 42.8 Å². The van der Waals surface area contributed by atoms with Crippen LogP contribution in [0.15, 0.2) is 33.7 Å². The number of carbonyl (C=O) groups is 1. The van der Waals surface area contributed by atoms with Crippen LogP contribution in [-0.2, 0) is 24.2 Å². The molecule has 3 rings (SSSR count). The number of fused-ring (bicyclic) bond motifs is 1. The molecule has 0 aliphatic heterocycles. The van der Waals surface area contributed by atoms with Crippen LogP contribution in [0.3, 0.4) is 0 Å². The lowest BCUT2D eigenvalue weighted by molar-refractivity contribution is -0.137. The summed E-state index contributed by atoms with van der Waals surface area (Å²) in [4.78, 5) is 22.7. The Morgan fingerprint density at radius 2 is 2.07 bits per heavy atom. The summed E-state index contributed by atoms with van der Waals surface area (Å²) in [6.45, 7) is 3.10. The number of benzene rings is 1. The second-order valence-corrected chi connectivity index (χ2v) is 7.07. The molecule has 2 aromatic heterocycles. The molecule has 160 valence electrons. The number of aryl methyl sites for hydroxylation is 3. The van der Waals surface area contributed by atoms with E-state index in [4.69, 9.17) is 14.3 Å². The maximum atomic E-state index is 12.0. The van der Waals surface area contributed by atoms with Gasteiger partial charge >= 0.3 is 5.97 Å². The van der Waals surface area contributed by atoms with Gasteiger partial charge in [-0.1, -0.05) is 13.3 Å². The molecule has 2 heterocycles. The van der Waals surface area contributed by atoms with Crippen molar-refractivity contribution in [1.82, 2.24) is 20.2 Å². The number of rotatable bonds is 12. The van der Waals surface area contributed by atoms with Gasteiger partial charge in [0.25, 0.3) is 0 Å². The molecule has 0 atom stereocenters. The normalized spacial score (nSPS) is 11.1. The van der Waals surface area contributed by atoms with E-state index in [9.17, 15) is 9.59 Å². The number of unbranched alkanes of at least 4 members (excludes halogenated alkanes) is 1. The highest BCUT2D eigenvalue weighted by molar-refractivity contribution is 5.82. The maximum absolute atomic E-state index is 12.0. The third-order valence-corrected chi connectivity index (χ3v) is 4.81. The molecule has 0 radical (unpaired) electrons. The van der Waals surface area contributed by atoms with Crippen LogP contribution < -0.4 is 10.2 Å². The van der Waals surface area contributed by atoms with Crippen LogP contribution in [0.2, 0.25) is 0 Å². The summed E-state index contributed by atoms with van der Waals surface area (Å²) in [7, 11) is 0. The predicted molar refractivity (Wildman–Crippen MR) is 110 cm³/mol. The Labute approximate surface area is 173 Å². The maximum Gasteiger partial charge on any atom is 0.303 e. The zero-order valence-electron chi connectivity index (χ0n) is 17.0. The number of aliphatic carboxylic acids is 1. The van der Waals surface area contributed by atoms with Crippen LogP contribution in [-0.4, -0.2) is 37.9 Å². The number of aromatic nitrogens is 4. The Morgan fingerprint density at radius 1 is 1.20 bits per heavy atom. The first kappa shape index (κ1) is 21.5. The minimum absolute atomic E-state index is 0.0544. The molecule has 9 nitrogen and oxygen atoms in total. The summed E-state index contributed by atoms with van der Waals surface area (Å²) in [5.74, 6) is 0.675. The average molecular weight is 414 g/mol. The highest BCUT2D eigenvalue weighted by Crippen LogP contribution is 2.28. The first-order valence-corrected chi connectivity index (χ1v) is 10.2. The summed E-state index contributed by atoms with van der Waals surface area (Å²) in [5, 5.41) is 20.9. The quantitative estimate of drug-likeness (QED) is 0.449. The zero-order chi connectivity index (χ0) is 21.3. The van der Waals surface area contributed by atoms with Crippen LogP contribution in [0, 0.1) is 0 Å². The van der Waals surface area contributed by atoms with Gasteiger partial charge in [-0.2, -0.15) is 0 Å². The van der Waals surface area contributed by atoms with Crippen molar-refractivity contribution in [3.05, 3.63) is 46.1 Å². The molecular formula is C21H26N4O5. The first-order valence-electron chi connectivity index (χ1n) is 10.2. The molecule has 0 unspecified atom stereocenters. The average Bonchev–Trinajstić information content (AvgIpc) is 3.16. The van der Waals surface area contributed by atoms with Gasteiger partial charge in [-0.3, -0.25) is 9.59 Å². The predicted octanol–water partition coefficient (Wildman–Crippen LogP) is 3.00. The van der Waals surface area contributed by atoms with E-state index < -0.39 is 5.97 Å². The Bertz CT molecular complexity index is 1040. The number of hydrogen-bond acceptors (Lipinski definition) is 7. The van der Waals surface area contributed by atoms with E-state index in [0.29, 0.717) is 37.0 Å². The van der Waals surface area contributed by atoms with Crippen molar-refractivity contribution in [3.8, 4) is 5.75 Å². The molecule has 0 amide bonds. The number of ether oxygens (including phenoxy) is 1. The molecular weight excluding hydrogens is 388 g/mol. The van der Waals surface area contributed by atoms with Crippen molar-refractivity contribution < 1.29 is 19.1 Å². The molecule has 0 saturated carbocycles. The smallest absolute Gasteiger partial charge is 0.303 e. The molecule has 0 saturated heterocycles. The van der Waals surface area contributed by atoms with Gasteiger partial charge in [-0.05, 0) is 48.2 Å². The topological polar surface area (TPSA) is 120 Å². The minimum Gasteiger partial charge on any atom is -0.493 e. The molecule has 1 aromatic carbocycles. The molecule has 1 N–H and O–H groups in total. The molecule has 9 heteroatoms. The second-order valence-electron chi connectivity index (χ2n) is 7.07. The monoisotopic (exact) mass is 414 g/mol. The number of hydrogen-bond donors (Lipinski definition) is 1. The lowest BCUT2D eigenvalue weighted by atomic mass is 10.1. The number of nitrogens with zero attached hydrogens (tertiary/aromatic N) is 4. The van der Waals surface area contributed by atoms with Crippen LogP contribution in [0.1, 0.15) is 50.4 Å². The van der Waals surface area contributed by atoms with E-state index >= 15 is 0 Å². The Morgan fingerprint density at radius 3 is 2.87 bits per heavy atom. The van der Waals surface area contributed by atoms with Gasteiger partial charge in [0, 0.05) is 31.0 Å². The third-order valence-electron chi connectivity index (χ3n) is 4.81. The molecule has 0 spiro atoms. The van der Waals surface area contributed by atoms with Gasteiger partial charge in [-0.15, -0.1) is 5.10 Å². The fourth-order valence-electron chi connectivity index (χ4n) is 3.34. The van der Waals surface area contributed by atoms with Gasteiger partial charge in [0.05, 0.1) is 18.3 Å². The molecule has 0 aliphatic rings. The van der Waals surface area contributed by atoms with Crippen molar-refractivity contribution in [3.63, 3.8) is 0 Å². The highest BCUT2D eigenvalue weighted by atomic mass is 16.5. The van der Waals surface area contributed by atoms with Gasteiger partial charge in [0.15, 0.2) is 11.3 Å². The fourth-order valence-corrected chi connectivity index (χ4v) is 3.34. The van der Waals surface area contributed by atoms with E-state index in [-0.39, 0.29) is 11.8 Å². The van der Waals surface area contributed by atoms with E-state index in [2.05, 4.69) is 22.4 Å². The Balaban J connectivity index is 1.53. The van der Waals surface area contributed by atoms with Gasteiger partial charge in [-0.25, -0.2) is 4.68 Å². The summed E-state index contributed by atoms with van der Waals surface area (Å²) in [6, 6.07) is 5.02. The lowest BCUT2D eigenvalue weighted by Gasteiger charge is -2.12. The van der Waals surface area contributed by atoms with E-state index in [1.54, 1.807) is 10.7 Å². The SMILES string of the molecule is CCCc1c(OCCCCc2nnnn2CCCC(=O)O)ccc2c(=O)ccoc12. The number of tetrazole rings is 1. The molecule has 0 aliphatic carbocycles. The first-order chi connectivity index (χ1) is 14.6. The number of carboxylic acid groups (broad SMARTS) is 1. The molecule has 30 heavy (non-hydrogen) atoms. The van der Waals surface area contributed by atoms with Crippen LogP contribution in [0.5, 0.6) is 5.75 Å². The highest BCUT2D eigenvalue weighted by Gasteiger charge is 2.12. The standard InChI is InChI=1S/C21H26N4O5/c1-2-6-16-18(10-9-15-17(26)11-14-30-21(15)16)29-13-4-3-7-19-22-23-24-25(19)12-5-8-20(27)28/h9-11,14H,2-8,12-13H2,1H3,(H,27,28). The largest absolute Gasteiger partial charge is 0.493 e. The van der Waals surface area contributed by atoms with Crippen molar-refractivity contribution in [2.75, 3.05) is 6.61 Å². The summed E-state index contributed by atoms with van der Waals surface area (Å²) >= 11 is 0. The molecule has 3 aromatic rings. The number of carboxylic acids is 1. The lowest BCUT2D eigenvalue weighted by Crippen LogP contribution is -2.09. The Kier molecular flexibility index (Phi) is 7.53. The van der Waals surface area contributed by atoms with Gasteiger partial charge in [0.1, 0.15) is 11.3 Å². The second kappa shape index (κ2) is 10.5. The summed E-state index contributed by atoms with van der Waals surface area (Å²) in [6.07, 6.45) is 6.04.